The Hall–Kier alpha value is 0.250. The van der Waals surface area contributed by atoms with Crippen molar-refractivity contribution in [2.45, 2.75) is 44.9 Å². The topological polar surface area (TPSA) is 3.24 Å². The maximum atomic E-state index is 5.63. The summed E-state index contributed by atoms with van der Waals surface area (Å²) < 4.78 is 0. The number of alkyl halides is 1. The Morgan fingerprint density at radius 3 is 2.43 bits per heavy atom. The molecule has 14 heavy (non-hydrogen) atoms. The minimum absolute atomic E-state index is 0.831. The molecular weight excluding hydrogens is 194 g/mol. The zero-order valence-electron chi connectivity index (χ0n) is 9.47. The number of halogens is 1. The van der Waals surface area contributed by atoms with Crippen LogP contribution in [0, 0.1) is 5.92 Å². The van der Waals surface area contributed by atoms with Gasteiger partial charge in [-0.1, -0.05) is 19.3 Å². The highest BCUT2D eigenvalue weighted by Gasteiger charge is 2.18. The normalized spacial score (nSPS) is 17.4. The number of nitrogens with zero attached hydrogens (tertiary/aromatic N) is 1. The lowest BCUT2D eigenvalue weighted by Crippen LogP contribution is -2.30. The van der Waals surface area contributed by atoms with E-state index >= 15 is 0 Å². The second kappa shape index (κ2) is 7.53. The molecule has 1 nitrogen and oxygen atoms in total. The molecule has 1 rings (SSSR count). The monoisotopic (exact) mass is 217 g/mol. The maximum absolute atomic E-state index is 5.63. The van der Waals surface area contributed by atoms with Crippen LogP contribution in [0.25, 0.3) is 0 Å². The van der Waals surface area contributed by atoms with Gasteiger partial charge in [-0.3, -0.25) is 0 Å². The van der Waals surface area contributed by atoms with Crippen molar-refractivity contribution in [2.24, 2.45) is 5.92 Å². The summed E-state index contributed by atoms with van der Waals surface area (Å²) in [5.41, 5.74) is 0. The second-order valence-electron chi connectivity index (χ2n) is 4.66. The smallest absolute Gasteiger partial charge is 0.0223 e. The average Bonchev–Trinajstić information content (AvgIpc) is 2.11. The highest BCUT2D eigenvalue weighted by molar-refractivity contribution is 6.17. The van der Waals surface area contributed by atoms with Gasteiger partial charge in [-0.15, -0.1) is 11.6 Å². The SMILES string of the molecule is CN(CCCCCCCl)CC1CCC1. The van der Waals surface area contributed by atoms with Gasteiger partial charge in [-0.05, 0) is 45.2 Å². The van der Waals surface area contributed by atoms with Gasteiger partial charge in [0.25, 0.3) is 0 Å². The van der Waals surface area contributed by atoms with E-state index in [1.807, 2.05) is 0 Å². The Kier molecular flexibility index (Phi) is 6.63. The van der Waals surface area contributed by atoms with E-state index in [1.54, 1.807) is 0 Å². The number of rotatable bonds is 8. The summed E-state index contributed by atoms with van der Waals surface area (Å²) >= 11 is 5.63. The Bertz CT molecular complexity index is 134. The third-order valence-corrected chi connectivity index (χ3v) is 3.49. The van der Waals surface area contributed by atoms with Crippen LogP contribution < -0.4 is 0 Å². The fourth-order valence-electron chi connectivity index (χ4n) is 2.04. The molecule has 0 heterocycles. The summed E-state index contributed by atoms with van der Waals surface area (Å²) in [6, 6.07) is 0. The van der Waals surface area contributed by atoms with Crippen LogP contribution in [0.1, 0.15) is 44.9 Å². The molecule has 0 saturated heterocycles. The predicted molar refractivity (Wildman–Crippen MR) is 64.0 cm³/mol. The van der Waals surface area contributed by atoms with Gasteiger partial charge >= 0.3 is 0 Å². The standard InChI is InChI=1S/C12H24ClN/c1-14(11-12-7-6-8-12)10-5-3-2-4-9-13/h12H,2-11H2,1H3. The molecule has 84 valence electrons. The Morgan fingerprint density at radius 2 is 1.86 bits per heavy atom. The van der Waals surface area contributed by atoms with Gasteiger partial charge in [0.15, 0.2) is 0 Å². The summed E-state index contributed by atoms with van der Waals surface area (Å²) in [6.45, 7) is 2.61. The molecule has 0 aromatic heterocycles. The molecule has 1 saturated carbocycles. The Labute approximate surface area is 93.8 Å². The molecule has 1 aliphatic carbocycles. The number of hydrogen-bond acceptors (Lipinski definition) is 1. The third-order valence-electron chi connectivity index (χ3n) is 3.22. The first-order chi connectivity index (χ1) is 6.83. The largest absolute Gasteiger partial charge is 0.306 e. The highest BCUT2D eigenvalue weighted by atomic mass is 35.5. The quantitative estimate of drug-likeness (QED) is 0.444. The van der Waals surface area contributed by atoms with Crippen molar-refractivity contribution in [1.82, 2.24) is 4.90 Å². The molecule has 0 aliphatic heterocycles. The van der Waals surface area contributed by atoms with Gasteiger partial charge < -0.3 is 4.90 Å². The van der Waals surface area contributed by atoms with Crippen LogP contribution in [0.4, 0.5) is 0 Å². The van der Waals surface area contributed by atoms with E-state index in [-0.39, 0.29) is 0 Å². The fraction of sp³-hybridized carbons (Fsp3) is 1.00. The van der Waals surface area contributed by atoms with Gasteiger partial charge in [0.2, 0.25) is 0 Å². The summed E-state index contributed by atoms with van der Waals surface area (Å²) in [5.74, 6) is 1.85. The van der Waals surface area contributed by atoms with Gasteiger partial charge in [-0.25, -0.2) is 0 Å². The summed E-state index contributed by atoms with van der Waals surface area (Å²) in [6.07, 6.45) is 9.60. The van der Waals surface area contributed by atoms with Crippen molar-refractivity contribution in [1.29, 1.82) is 0 Å². The molecule has 0 spiro atoms. The molecule has 0 aromatic rings. The van der Waals surface area contributed by atoms with Gasteiger partial charge in [-0.2, -0.15) is 0 Å². The fourth-order valence-corrected chi connectivity index (χ4v) is 2.23. The van der Waals surface area contributed by atoms with E-state index < -0.39 is 0 Å². The first-order valence-electron chi connectivity index (χ1n) is 6.07. The highest BCUT2D eigenvalue weighted by Crippen LogP contribution is 2.26. The van der Waals surface area contributed by atoms with Gasteiger partial charge in [0.05, 0.1) is 0 Å². The number of unbranched alkanes of at least 4 members (excludes halogenated alkanes) is 3. The lowest BCUT2D eigenvalue weighted by atomic mass is 9.85. The van der Waals surface area contributed by atoms with Crippen LogP contribution in [0.15, 0.2) is 0 Å². The van der Waals surface area contributed by atoms with Crippen molar-refractivity contribution >= 4 is 11.6 Å². The Balaban J connectivity index is 1.84. The summed E-state index contributed by atoms with van der Waals surface area (Å²) in [5, 5.41) is 0. The average molecular weight is 218 g/mol. The molecule has 0 N–H and O–H groups in total. The van der Waals surface area contributed by atoms with Crippen molar-refractivity contribution in [2.75, 3.05) is 26.0 Å². The van der Waals surface area contributed by atoms with E-state index in [1.165, 1.54) is 58.0 Å². The molecule has 0 amide bonds. The van der Waals surface area contributed by atoms with Crippen LogP contribution in [-0.2, 0) is 0 Å². The predicted octanol–water partition coefficient (Wildman–Crippen LogP) is 3.52. The van der Waals surface area contributed by atoms with Crippen LogP contribution in [0.2, 0.25) is 0 Å². The van der Waals surface area contributed by atoms with Gasteiger partial charge in [0, 0.05) is 12.4 Å². The van der Waals surface area contributed by atoms with Crippen LogP contribution in [0.5, 0.6) is 0 Å². The molecule has 1 fully saturated rings. The van der Waals surface area contributed by atoms with E-state index in [4.69, 9.17) is 11.6 Å². The lowest BCUT2D eigenvalue weighted by Gasteiger charge is -2.30. The molecule has 0 radical (unpaired) electrons. The van der Waals surface area contributed by atoms with Crippen molar-refractivity contribution in [3.05, 3.63) is 0 Å². The van der Waals surface area contributed by atoms with E-state index in [2.05, 4.69) is 11.9 Å². The minimum Gasteiger partial charge on any atom is -0.306 e. The lowest BCUT2D eigenvalue weighted by molar-refractivity contribution is 0.203. The van der Waals surface area contributed by atoms with E-state index in [0.29, 0.717) is 0 Å². The molecule has 2 heteroatoms. The molecule has 1 aliphatic rings. The third kappa shape index (κ3) is 5.21. The maximum Gasteiger partial charge on any atom is 0.0223 e. The van der Waals surface area contributed by atoms with E-state index in [0.717, 1.165) is 11.8 Å². The minimum atomic E-state index is 0.831. The van der Waals surface area contributed by atoms with Gasteiger partial charge in [0.1, 0.15) is 0 Å². The molecule has 0 atom stereocenters. The first kappa shape index (κ1) is 12.3. The summed E-state index contributed by atoms with van der Waals surface area (Å²) in [4.78, 5) is 2.50. The molecule has 0 unspecified atom stereocenters. The molecular formula is C12H24ClN. The first-order valence-corrected chi connectivity index (χ1v) is 6.61. The van der Waals surface area contributed by atoms with E-state index in [9.17, 15) is 0 Å². The zero-order valence-corrected chi connectivity index (χ0v) is 10.2. The molecule has 0 aromatic carbocycles. The van der Waals surface area contributed by atoms with Crippen molar-refractivity contribution in [3.63, 3.8) is 0 Å². The van der Waals surface area contributed by atoms with Crippen LogP contribution >= 0.6 is 11.6 Å². The Morgan fingerprint density at radius 1 is 1.14 bits per heavy atom. The zero-order chi connectivity index (χ0) is 10.2. The number of hydrogen-bond donors (Lipinski definition) is 0. The van der Waals surface area contributed by atoms with Crippen LogP contribution in [0.3, 0.4) is 0 Å². The second-order valence-corrected chi connectivity index (χ2v) is 5.04. The van der Waals surface area contributed by atoms with Crippen molar-refractivity contribution in [3.8, 4) is 0 Å². The van der Waals surface area contributed by atoms with Crippen molar-refractivity contribution < 1.29 is 0 Å². The van der Waals surface area contributed by atoms with Crippen LogP contribution in [-0.4, -0.2) is 30.9 Å². The summed E-state index contributed by atoms with van der Waals surface area (Å²) in [7, 11) is 2.26. The molecule has 0 bridgehead atoms.